The molecule has 1 aliphatic heterocycles. The summed E-state index contributed by atoms with van der Waals surface area (Å²) in [6.07, 6.45) is 4.77. The van der Waals surface area contributed by atoms with Crippen LogP contribution in [0.15, 0.2) is 0 Å². The third-order valence-corrected chi connectivity index (χ3v) is 5.10. The molecule has 0 aromatic heterocycles. The molecule has 1 heterocycles. The number of nitrogens with one attached hydrogen (secondary N) is 1. The Bertz CT molecular complexity index is 242. The van der Waals surface area contributed by atoms with E-state index in [0.717, 1.165) is 38.6 Å². The lowest BCUT2D eigenvalue weighted by Gasteiger charge is -2.20. The van der Waals surface area contributed by atoms with E-state index in [9.17, 15) is 8.42 Å². The van der Waals surface area contributed by atoms with Crippen LogP contribution in [0.2, 0.25) is 0 Å². The predicted octanol–water partition coefficient (Wildman–Crippen LogP) is 0.469. The van der Waals surface area contributed by atoms with Crippen molar-refractivity contribution in [2.24, 2.45) is 0 Å². The predicted molar refractivity (Wildman–Crippen MR) is 50.5 cm³/mol. The van der Waals surface area contributed by atoms with Crippen LogP contribution in [0.1, 0.15) is 32.1 Å². The topological polar surface area (TPSA) is 49.4 Å². The van der Waals surface area contributed by atoms with Crippen molar-refractivity contribution in [3.05, 3.63) is 0 Å². The fourth-order valence-corrected chi connectivity index (χ4v) is 4.03. The molecule has 1 aliphatic carbocycles. The van der Waals surface area contributed by atoms with Gasteiger partial charge in [0.15, 0.2) is 0 Å². The first-order chi connectivity index (χ1) is 6.21. The van der Waals surface area contributed by atoms with Gasteiger partial charge in [0.2, 0.25) is 10.0 Å². The zero-order valence-electron chi connectivity index (χ0n) is 7.70. The fourth-order valence-electron chi connectivity index (χ4n) is 2.09. The van der Waals surface area contributed by atoms with Crippen LogP contribution in [0.4, 0.5) is 0 Å². The minimum Gasteiger partial charge on any atom is -0.241 e. The molecular weight excluding hydrogens is 188 g/mol. The van der Waals surface area contributed by atoms with Gasteiger partial charge in [-0.15, -0.1) is 4.41 Å². The van der Waals surface area contributed by atoms with Gasteiger partial charge < -0.3 is 0 Å². The molecule has 1 N–H and O–H groups in total. The highest BCUT2D eigenvalue weighted by Crippen LogP contribution is 2.27. The molecule has 0 aromatic carbocycles. The van der Waals surface area contributed by atoms with Crippen LogP contribution in [0.5, 0.6) is 0 Å². The summed E-state index contributed by atoms with van der Waals surface area (Å²) in [6, 6.07) is 0. The Hall–Kier alpha value is -0.130. The van der Waals surface area contributed by atoms with Crippen molar-refractivity contribution in [3.63, 3.8) is 0 Å². The highest BCUT2D eigenvalue weighted by atomic mass is 32.2. The van der Waals surface area contributed by atoms with Crippen molar-refractivity contribution in [1.82, 2.24) is 9.84 Å². The normalized spacial score (nSPS) is 27.1. The molecule has 2 aliphatic rings. The number of hydrogen-bond donors (Lipinski definition) is 1. The van der Waals surface area contributed by atoms with Crippen LogP contribution in [0.25, 0.3) is 0 Å². The molecule has 2 rings (SSSR count). The van der Waals surface area contributed by atoms with Gasteiger partial charge in [0.05, 0.1) is 5.25 Å². The molecule has 4 nitrogen and oxygen atoms in total. The molecule has 13 heavy (non-hydrogen) atoms. The highest BCUT2D eigenvalue weighted by Gasteiger charge is 2.35. The van der Waals surface area contributed by atoms with E-state index in [-0.39, 0.29) is 5.25 Å². The fraction of sp³-hybridized carbons (Fsp3) is 1.00. The molecule has 1 saturated carbocycles. The van der Waals surface area contributed by atoms with Gasteiger partial charge in [-0.1, -0.05) is 12.8 Å². The number of nitrogens with zero attached hydrogens (tertiary/aromatic N) is 1. The first kappa shape index (κ1) is 9.43. The van der Waals surface area contributed by atoms with Crippen molar-refractivity contribution in [3.8, 4) is 0 Å². The quantitative estimate of drug-likeness (QED) is 0.711. The molecule has 5 heteroatoms. The van der Waals surface area contributed by atoms with Gasteiger partial charge >= 0.3 is 0 Å². The highest BCUT2D eigenvalue weighted by molar-refractivity contribution is 7.89. The van der Waals surface area contributed by atoms with Gasteiger partial charge in [-0.05, 0) is 19.3 Å². The number of sulfonamides is 1. The standard InChI is InChI=1S/C8H16N2O2S/c11-13(12,8-4-1-2-5-8)10-7-3-6-9-10/h8-9H,1-7H2. The summed E-state index contributed by atoms with van der Waals surface area (Å²) in [4.78, 5) is 0. The lowest BCUT2D eigenvalue weighted by molar-refractivity contribution is 0.391. The smallest absolute Gasteiger partial charge is 0.229 e. The summed E-state index contributed by atoms with van der Waals surface area (Å²) >= 11 is 0. The lowest BCUT2D eigenvalue weighted by Crippen LogP contribution is -2.42. The van der Waals surface area contributed by atoms with Crippen LogP contribution in [-0.4, -0.2) is 31.2 Å². The molecule has 0 amide bonds. The van der Waals surface area contributed by atoms with Crippen LogP contribution < -0.4 is 5.43 Å². The van der Waals surface area contributed by atoms with Gasteiger partial charge in [-0.3, -0.25) is 0 Å². The maximum atomic E-state index is 11.9. The van der Waals surface area contributed by atoms with Gasteiger partial charge in [0.25, 0.3) is 0 Å². The Labute approximate surface area is 79.3 Å². The molecule has 76 valence electrons. The van der Waals surface area contributed by atoms with E-state index in [4.69, 9.17) is 0 Å². The summed E-state index contributed by atoms with van der Waals surface area (Å²) in [6.45, 7) is 1.45. The maximum Gasteiger partial charge on any atom is 0.229 e. The number of hydrogen-bond acceptors (Lipinski definition) is 3. The molecule has 0 bridgehead atoms. The number of hydrazine groups is 1. The molecule has 0 spiro atoms. The Balaban J connectivity index is 2.09. The third-order valence-electron chi connectivity index (χ3n) is 2.86. The summed E-state index contributed by atoms with van der Waals surface area (Å²) in [5.41, 5.74) is 2.92. The van der Waals surface area contributed by atoms with E-state index < -0.39 is 10.0 Å². The minimum atomic E-state index is -3.02. The van der Waals surface area contributed by atoms with Crippen molar-refractivity contribution in [2.45, 2.75) is 37.4 Å². The molecule has 2 fully saturated rings. The van der Waals surface area contributed by atoms with Crippen molar-refractivity contribution >= 4 is 10.0 Å². The molecule has 0 aromatic rings. The zero-order chi connectivity index (χ0) is 9.31. The van der Waals surface area contributed by atoms with Crippen molar-refractivity contribution in [2.75, 3.05) is 13.1 Å². The summed E-state index contributed by atoms with van der Waals surface area (Å²) in [5.74, 6) is 0. The Kier molecular flexibility index (Phi) is 2.58. The second-order valence-corrected chi connectivity index (χ2v) is 5.92. The maximum absolute atomic E-state index is 11.9. The van der Waals surface area contributed by atoms with Gasteiger partial charge in [-0.25, -0.2) is 13.8 Å². The minimum absolute atomic E-state index is 0.113. The lowest BCUT2D eigenvalue weighted by atomic mass is 10.4. The molecular formula is C8H16N2O2S. The van der Waals surface area contributed by atoms with E-state index in [2.05, 4.69) is 5.43 Å². The second kappa shape index (κ2) is 3.55. The van der Waals surface area contributed by atoms with E-state index in [0.29, 0.717) is 6.54 Å². The first-order valence-electron chi connectivity index (χ1n) is 4.96. The van der Waals surface area contributed by atoms with Gasteiger partial charge in [0, 0.05) is 13.1 Å². The molecule has 0 radical (unpaired) electrons. The number of rotatable bonds is 2. The van der Waals surface area contributed by atoms with Crippen LogP contribution >= 0.6 is 0 Å². The van der Waals surface area contributed by atoms with E-state index in [1.54, 1.807) is 0 Å². The molecule has 0 unspecified atom stereocenters. The van der Waals surface area contributed by atoms with Crippen LogP contribution in [-0.2, 0) is 10.0 Å². The van der Waals surface area contributed by atoms with Crippen LogP contribution in [0.3, 0.4) is 0 Å². The second-order valence-electron chi connectivity index (χ2n) is 3.79. The largest absolute Gasteiger partial charge is 0.241 e. The van der Waals surface area contributed by atoms with Gasteiger partial charge in [0.1, 0.15) is 0 Å². The average Bonchev–Trinajstić information content (AvgIpc) is 2.78. The van der Waals surface area contributed by atoms with E-state index in [1.165, 1.54) is 4.41 Å². The summed E-state index contributed by atoms with van der Waals surface area (Å²) in [5, 5.41) is -0.113. The molecule has 1 saturated heterocycles. The van der Waals surface area contributed by atoms with E-state index >= 15 is 0 Å². The molecule has 0 atom stereocenters. The van der Waals surface area contributed by atoms with Crippen LogP contribution in [0, 0.1) is 0 Å². The van der Waals surface area contributed by atoms with Crippen molar-refractivity contribution < 1.29 is 8.42 Å². The first-order valence-corrected chi connectivity index (χ1v) is 6.46. The average molecular weight is 204 g/mol. The Morgan fingerprint density at radius 2 is 1.85 bits per heavy atom. The summed E-state index contributed by atoms with van der Waals surface area (Å²) in [7, 11) is -3.02. The summed E-state index contributed by atoms with van der Waals surface area (Å²) < 4.78 is 25.2. The van der Waals surface area contributed by atoms with Crippen molar-refractivity contribution in [1.29, 1.82) is 0 Å². The Morgan fingerprint density at radius 1 is 1.15 bits per heavy atom. The van der Waals surface area contributed by atoms with E-state index in [1.807, 2.05) is 0 Å². The SMILES string of the molecule is O=S(=O)(C1CCCC1)N1CCCN1. The zero-order valence-corrected chi connectivity index (χ0v) is 8.52. The Morgan fingerprint density at radius 3 is 2.38 bits per heavy atom. The monoisotopic (exact) mass is 204 g/mol. The third kappa shape index (κ3) is 1.73. The van der Waals surface area contributed by atoms with Gasteiger partial charge in [-0.2, -0.15) is 0 Å².